The zero-order chi connectivity index (χ0) is 14.5. The smallest absolute Gasteiger partial charge is 0.326 e. The number of hydrogen-bond donors (Lipinski definition) is 1. The summed E-state index contributed by atoms with van der Waals surface area (Å²) in [5.74, 6) is -0.138. The summed E-state index contributed by atoms with van der Waals surface area (Å²) in [5, 5.41) is 9.20. The van der Waals surface area contributed by atoms with Crippen molar-refractivity contribution in [3.05, 3.63) is 0 Å². The Bertz CT molecular complexity index is 359. The largest absolute Gasteiger partial charge is 0.480 e. The van der Waals surface area contributed by atoms with Crippen LogP contribution in [0.2, 0.25) is 0 Å². The van der Waals surface area contributed by atoms with Gasteiger partial charge in [-0.2, -0.15) is 0 Å². The average molecular weight is 282 g/mol. The van der Waals surface area contributed by atoms with Crippen molar-refractivity contribution in [1.82, 2.24) is 9.80 Å². The number of carbonyl (C=O) groups is 2. The molecule has 0 radical (unpaired) electrons. The highest BCUT2D eigenvalue weighted by Crippen LogP contribution is 2.19. The maximum atomic E-state index is 12.3. The molecule has 1 amide bonds. The van der Waals surface area contributed by atoms with Crippen LogP contribution in [0.15, 0.2) is 0 Å². The van der Waals surface area contributed by atoms with Crippen LogP contribution in [0.3, 0.4) is 0 Å². The van der Waals surface area contributed by atoms with Crippen molar-refractivity contribution in [2.24, 2.45) is 5.92 Å². The number of likely N-dealkylation sites (tertiary alicyclic amines) is 2. The molecular weight excluding hydrogens is 256 g/mol. The first-order valence-corrected chi connectivity index (χ1v) is 7.82. The highest BCUT2D eigenvalue weighted by Gasteiger charge is 2.31. The number of carboxylic acids is 1. The van der Waals surface area contributed by atoms with E-state index in [1.807, 2.05) is 0 Å². The summed E-state index contributed by atoms with van der Waals surface area (Å²) in [6, 6.07) is -0.600. The van der Waals surface area contributed by atoms with Gasteiger partial charge in [-0.25, -0.2) is 4.79 Å². The minimum absolute atomic E-state index is 0.00956. The molecule has 0 aromatic rings. The maximum Gasteiger partial charge on any atom is 0.326 e. The maximum absolute atomic E-state index is 12.3. The van der Waals surface area contributed by atoms with Crippen molar-refractivity contribution in [2.45, 2.75) is 51.5 Å². The van der Waals surface area contributed by atoms with Crippen molar-refractivity contribution in [3.63, 3.8) is 0 Å². The standard InChI is InChI=1S/C15H26N2O3/c1-12-5-4-8-16(11-12)10-7-14(18)17-9-3-2-6-13(17)15(19)20/h12-13H,2-11H2,1H3,(H,19,20). The monoisotopic (exact) mass is 282 g/mol. The van der Waals surface area contributed by atoms with Crippen LogP contribution in [0, 0.1) is 5.92 Å². The van der Waals surface area contributed by atoms with Gasteiger partial charge in [0.25, 0.3) is 0 Å². The fourth-order valence-electron chi connectivity index (χ4n) is 3.37. The van der Waals surface area contributed by atoms with Crippen LogP contribution in [0.1, 0.15) is 45.4 Å². The minimum Gasteiger partial charge on any atom is -0.480 e. The third kappa shape index (κ3) is 3.95. The average Bonchev–Trinajstić information content (AvgIpc) is 2.45. The lowest BCUT2D eigenvalue weighted by Gasteiger charge is -2.35. The first-order valence-electron chi connectivity index (χ1n) is 7.82. The van der Waals surface area contributed by atoms with E-state index in [1.165, 1.54) is 12.8 Å². The third-order valence-corrected chi connectivity index (χ3v) is 4.49. The fourth-order valence-corrected chi connectivity index (χ4v) is 3.37. The molecule has 0 spiro atoms. The van der Waals surface area contributed by atoms with Crippen LogP contribution in [-0.2, 0) is 9.59 Å². The van der Waals surface area contributed by atoms with Crippen LogP contribution in [0.5, 0.6) is 0 Å². The van der Waals surface area contributed by atoms with Crippen molar-refractivity contribution in [1.29, 1.82) is 0 Å². The molecular formula is C15H26N2O3. The number of carboxylic acid groups (broad SMARTS) is 1. The molecule has 2 heterocycles. The summed E-state index contributed by atoms with van der Waals surface area (Å²) < 4.78 is 0. The van der Waals surface area contributed by atoms with Gasteiger partial charge in [0, 0.05) is 26.1 Å². The van der Waals surface area contributed by atoms with Crippen molar-refractivity contribution in [2.75, 3.05) is 26.2 Å². The minimum atomic E-state index is -0.857. The van der Waals surface area contributed by atoms with E-state index in [4.69, 9.17) is 0 Å². The second-order valence-electron chi connectivity index (χ2n) is 6.23. The van der Waals surface area contributed by atoms with Crippen LogP contribution >= 0.6 is 0 Å². The van der Waals surface area contributed by atoms with Gasteiger partial charge in [0.1, 0.15) is 6.04 Å². The topological polar surface area (TPSA) is 60.9 Å². The van der Waals surface area contributed by atoms with E-state index in [0.29, 0.717) is 25.3 Å². The molecule has 5 heteroatoms. The van der Waals surface area contributed by atoms with Gasteiger partial charge >= 0.3 is 5.97 Å². The van der Waals surface area contributed by atoms with Gasteiger partial charge in [-0.3, -0.25) is 4.79 Å². The molecule has 5 nitrogen and oxygen atoms in total. The lowest BCUT2D eigenvalue weighted by molar-refractivity contribution is -0.152. The van der Waals surface area contributed by atoms with E-state index in [-0.39, 0.29) is 5.91 Å². The Kier molecular flexibility index (Phi) is 5.40. The number of amides is 1. The highest BCUT2D eigenvalue weighted by molar-refractivity contribution is 5.83. The molecule has 2 aliphatic heterocycles. The van der Waals surface area contributed by atoms with Gasteiger partial charge in [0.15, 0.2) is 0 Å². The number of carbonyl (C=O) groups excluding carboxylic acids is 1. The molecule has 2 atom stereocenters. The van der Waals surface area contributed by atoms with Gasteiger partial charge in [0.2, 0.25) is 5.91 Å². The van der Waals surface area contributed by atoms with Crippen LogP contribution < -0.4 is 0 Å². The van der Waals surface area contributed by atoms with E-state index in [9.17, 15) is 14.7 Å². The molecule has 114 valence electrons. The first-order chi connectivity index (χ1) is 9.58. The zero-order valence-electron chi connectivity index (χ0n) is 12.4. The molecule has 0 saturated carbocycles. The summed E-state index contributed by atoms with van der Waals surface area (Å²) >= 11 is 0. The van der Waals surface area contributed by atoms with Crippen LogP contribution in [0.4, 0.5) is 0 Å². The Morgan fingerprint density at radius 1 is 1.15 bits per heavy atom. The highest BCUT2D eigenvalue weighted by atomic mass is 16.4. The molecule has 2 fully saturated rings. The zero-order valence-corrected chi connectivity index (χ0v) is 12.4. The molecule has 0 aliphatic carbocycles. The Labute approximate surface area is 120 Å². The fraction of sp³-hybridized carbons (Fsp3) is 0.867. The predicted octanol–water partition coefficient (Wildman–Crippen LogP) is 1.57. The van der Waals surface area contributed by atoms with Gasteiger partial charge in [-0.15, -0.1) is 0 Å². The Morgan fingerprint density at radius 2 is 1.95 bits per heavy atom. The normalized spacial score (nSPS) is 28.4. The van der Waals surface area contributed by atoms with Crippen LogP contribution in [0.25, 0.3) is 0 Å². The first kappa shape index (κ1) is 15.3. The molecule has 20 heavy (non-hydrogen) atoms. The van der Waals surface area contributed by atoms with E-state index < -0.39 is 12.0 Å². The second-order valence-corrected chi connectivity index (χ2v) is 6.23. The van der Waals surface area contributed by atoms with Crippen LogP contribution in [-0.4, -0.2) is 59.0 Å². The van der Waals surface area contributed by atoms with Gasteiger partial charge < -0.3 is 14.9 Å². The summed E-state index contributed by atoms with van der Waals surface area (Å²) in [5.41, 5.74) is 0. The van der Waals surface area contributed by atoms with E-state index >= 15 is 0 Å². The predicted molar refractivity (Wildman–Crippen MR) is 76.4 cm³/mol. The Hall–Kier alpha value is -1.10. The number of hydrogen-bond acceptors (Lipinski definition) is 3. The van der Waals surface area contributed by atoms with E-state index in [0.717, 1.165) is 32.5 Å². The van der Waals surface area contributed by atoms with Gasteiger partial charge in [0.05, 0.1) is 0 Å². The van der Waals surface area contributed by atoms with Crippen molar-refractivity contribution < 1.29 is 14.7 Å². The Balaban J connectivity index is 1.82. The number of nitrogens with zero attached hydrogens (tertiary/aromatic N) is 2. The summed E-state index contributed by atoms with van der Waals surface area (Å²) in [7, 11) is 0. The summed E-state index contributed by atoms with van der Waals surface area (Å²) in [6.07, 6.45) is 5.37. The number of aliphatic carboxylic acids is 1. The van der Waals surface area contributed by atoms with E-state index in [1.54, 1.807) is 4.90 Å². The van der Waals surface area contributed by atoms with Gasteiger partial charge in [-0.1, -0.05) is 6.92 Å². The number of piperidine rings is 2. The van der Waals surface area contributed by atoms with Gasteiger partial charge in [-0.05, 0) is 44.6 Å². The molecule has 2 rings (SSSR count). The number of rotatable bonds is 4. The molecule has 1 N–H and O–H groups in total. The summed E-state index contributed by atoms with van der Waals surface area (Å²) in [4.78, 5) is 27.4. The lowest BCUT2D eigenvalue weighted by Crippen LogP contribution is -2.49. The lowest BCUT2D eigenvalue weighted by atomic mass is 9.99. The summed E-state index contributed by atoms with van der Waals surface area (Å²) in [6.45, 7) is 5.76. The molecule has 2 saturated heterocycles. The molecule has 0 aromatic heterocycles. The quantitative estimate of drug-likeness (QED) is 0.850. The molecule has 2 aliphatic rings. The van der Waals surface area contributed by atoms with Crippen molar-refractivity contribution >= 4 is 11.9 Å². The third-order valence-electron chi connectivity index (χ3n) is 4.49. The van der Waals surface area contributed by atoms with E-state index in [2.05, 4.69) is 11.8 Å². The second kappa shape index (κ2) is 7.07. The molecule has 0 bridgehead atoms. The SMILES string of the molecule is CC1CCCN(CCC(=O)N2CCCCC2C(=O)O)C1. The molecule has 2 unspecified atom stereocenters. The van der Waals surface area contributed by atoms with Crippen molar-refractivity contribution in [3.8, 4) is 0 Å². The Morgan fingerprint density at radius 3 is 2.65 bits per heavy atom. The molecule has 0 aromatic carbocycles.